The van der Waals surface area contributed by atoms with E-state index in [0.29, 0.717) is 5.33 Å². The number of carbonyl (C=O) groups is 6. The van der Waals surface area contributed by atoms with Crippen LogP contribution in [0, 0.1) is 5.92 Å². The second-order valence-corrected chi connectivity index (χ2v) is 36.3. The average molecular weight is 2120 g/mol. The molecule has 12 rings (SSSR count). The number of benzene rings is 8. The molecule has 42 heteroatoms. The number of nitrogens with one attached hydrogen (secondary N) is 2. The minimum Gasteiger partial charge on any atom is -0.691 e. The topological polar surface area (TPSA) is 450 Å². The fourth-order valence-electron chi connectivity index (χ4n) is 12.5. The van der Waals surface area contributed by atoms with Crippen molar-refractivity contribution < 1.29 is 215 Å². The number of anilines is 3. The molecule has 4 heterocycles. The van der Waals surface area contributed by atoms with E-state index >= 15 is 0 Å². The molecule has 1 amide bonds. The van der Waals surface area contributed by atoms with Crippen molar-refractivity contribution in [2.45, 2.75) is 204 Å². The first-order valence-corrected chi connectivity index (χ1v) is 47.3. The van der Waals surface area contributed by atoms with Gasteiger partial charge in [-0.3, -0.25) is 69.6 Å². The number of hydrazine groups is 1. The van der Waals surface area contributed by atoms with E-state index in [1.807, 2.05) is 216 Å². The summed E-state index contributed by atoms with van der Waals surface area (Å²) in [6, 6.07) is 60.1. The molecule has 140 heavy (non-hydrogen) atoms. The molecule has 8 aromatic rings. The molecule has 740 valence electrons. The van der Waals surface area contributed by atoms with E-state index in [9.17, 15) is 39.7 Å². The van der Waals surface area contributed by atoms with Crippen LogP contribution in [0.4, 0.5) is 45.5 Å². The van der Waals surface area contributed by atoms with Crippen molar-refractivity contribution in [3.63, 3.8) is 0 Å². The summed E-state index contributed by atoms with van der Waals surface area (Å²) in [7, 11) is 0. The molecule has 0 bridgehead atoms. The number of carbonyl (C=O) groups excluding carboxylic acids is 4. The van der Waals surface area contributed by atoms with Crippen molar-refractivity contribution in [2.75, 3.05) is 34.1 Å². The average Bonchev–Trinajstić information content (AvgIpc) is 1.63. The Bertz CT molecular complexity index is 5340. The molecule has 4 aliphatic rings. The maximum Gasteiger partial charge on any atom is 1.00 e. The molecule has 8 aromatic carbocycles. The second-order valence-electron chi connectivity index (χ2n) is 31.7. The van der Waals surface area contributed by atoms with Crippen molar-refractivity contribution in [3.05, 3.63) is 259 Å². The quantitative estimate of drug-likeness (QED) is 0.00176. The first-order valence-electron chi connectivity index (χ1n) is 42.4. The van der Waals surface area contributed by atoms with Crippen LogP contribution in [0.1, 0.15) is 180 Å². The van der Waals surface area contributed by atoms with E-state index < -0.39 is 23.9 Å². The van der Waals surface area contributed by atoms with E-state index in [-0.39, 0.29) is 134 Å². The van der Waals surface area contributed by atoms with Crippen LogP contribution in [0.3, 0.4) is 0 Å². The summed E-state index contributed by atoms with van der Waals surface area (Å²) in [5, 5.41) is 82.0. The van der Waals surface area contributed by atoms with Crippen LogP contribution in [0.2, 0.25) is 0 Å². The maximum atomic E-state index is 12.1. The van der Waals surface area contributed by atoms with Crippen molar-refractivity contribution in [1.82, 2.24) is 0 Å². The van der Waals surface area contributed by atoms with Crippen LogP contribution in [0.15, 0.2) is 276 Å². The molecule has 0 saturated heterocycles. The Morgan fingerprint density at radius 3 is 1.31 bits per heavy atom. The summed E-state index contributed by atoms with van der Waals surface area (Å²) in [6.07, 6.45) is 19.5. The number of ether oxygens (including phenoxy) is 1. The van der Waals surface area contributed by atoms with Gasteiger partial charge in [0.25, 0.3) is 5.97 Å². The normalized spacial score (nSPS) is 13.4. The number of nitrogens with zero attached hydrogens (tertiary/aromatic N) is 6. The third-order valence-electron chi connectivity index (χ3n) is 20.3. The van der Waals surface area contributed by atoms with E-state index in [0.717, 1.165) is 191 Å². The first kappa shape index (κ1) is 132. The van der Waals surface area contributed by atoms with Gasteiger partial charge in [-0.1, -0.05) is 148 Å². The summed E-state index contributed by atoms with van der Waals surface area (Å²) < 4.78 is 30.5. The zero-order valence-electron chi connectivity index (χ0n) is 83.0. The monoisotopic (exact) mass is 2120 g/mol. The van der Waals surface area contributed by atoms with Gasteiger partial charge in [0.15, 0.2) is 11.4 Å². The number of fused-ring (bicyclic) bond motifs is 4. The molecular weight excluding hydrogens is 2000 g/mol. The number of carboxylic acids is 2. The maximum absolute atomic E-state index is 12.1. The fourth-order valence-corrected chi connectivity index (χ4v) is 14.7. The number of amides is 1. The van der Waals surface area contributed by atoms with Crippen molar-refractivity contribution in [3.8, 4) is 0 Å². The van der Waals surface area contributed by atoms with Crippen LogP contribution in [0.25, 0.3) is 0 Å². The summed E-state index contributed by atoms with van der Waals surface area (Å²) in [4.78, 5) is 79.5. The minimum atomic E-state index is -0.833. The van der Waals surface area contributed by atoms with Crippen molar-refractivity contribution in [1.29, 1.82) is 0 Å². The van der Waals surface area contributed by atoms with E-state index in [1.165, 1.54) is 30.8 Å². The molecule has 0 aliphatic carbocycles. The van der Waals surface area contributed by atoms with Gasteiger partial charge in [0, 0.05) is 170 Å². The number of ketones is 1. The van der Waals surface area contributed by atoms with Gasteiger partial charge in [0.2, 0.25) is 17.3 Å². The second kappa shape index (κ2) is 71.9. The Balaban J connectivity index is 0.00000161. The van der Waals surface area contributed by atoms with Gasteiger partial charge in [0.1, 0.15) is 18.9 Å². The summed E-state index contributed by atoms with van der Waals surface area (Å²) in [5.74, 6) is 2.85. The number of para-hydroxylation sites is 3. The van der Waals surface area contributed by atoms with E-state index in [1.54, 1.807) is 55.4 Å². The predicted octanol–water partition coefficient (Wildman–Crippen LogP) is 12.6. The van der Waals surface area contributed by atoms with Gasteiger partial charge in [0.05, 0.1) is 94.5 Å². The number of aliphatic carboxylic acids is 2. The van der Waals surface area contributed by atoms with Crippen molar-refractivity contribution in [2.24, 2.45) is 26.7 Å². The number of Topliss-reactive ketones (excluding diaryl/α,β-unsaturated/α-hetero) is 1. The standard InChI is InChI=1S/C25H28N2O4S.C17H16N2.C14H19NO3S.2C11H13NO3S.C6H8N2O3S.C5H10O.C4H6O3.C3H5BrO2.C2H4O2.3Na/c1-5-16-27-23-15-14-21(32-31-30-29)18-22(23)25(3,4)24(27)13-9-10-17-26(19(2)28)20-11-7-6-8-12-20;1-4-10-16(11-5-1)18-14-8-3-9-15-19-17-12-6-2-7-13-17;1-5-8-15-10(2)14(3,4)12-9-11(19-18-17-16)6-7-13(12)15;2*1-7-11(2,3)9-6-8(16-15-14-13)4-5-10(9)12-7;7-8-5-1-3-6(4-2-5)12-11-10-9;1-4(2)5(3)6;1-3(5)7-4(2)6;4-2-1-3(5)6;1-2(3)4;;;/h6-15,17-18H,5,16H2,1-4H3;1-15,18H;6-7,9H,5,8H2,1-4H3;2*4-6,13H,1-3H3;1-4,8-9H,7H2;4H,1-3H3;1-2H3;1-2H2,(H,5,6);1H3,(H,3,4);;;/q;;;;;;;;;;3*+1/p-1/b;9-3+,14-8+,19-15?;;;;;;;;;;;. The number of nitrogen functional groups attached to an aromatic ring is 1. The largest absolute Gasteiger partial charge is 1.00 e. The fraction of sp³-hybridized carbons (Fsp3) is 0.316. The number of rotatable bonds is 32. The summed E-state index contributed by atoms with van der Waals surface area (Å²) >= 11 is 7.58. The number of esters is 2. The van der Waals surface area contributed by atoms with Crippen LogP contribution in [-0.2, 0) is 102 Å². The smallest absolute Gasteiger partial charge is 0.691 e. The van der Waals surface area contributed by atoms with Gasteiger partial charge < -0.3 is 41.5 Å². The first-order chi connectivity index (χ1) is 65.1. The van der Waals surface area contributed by atoms with Crippen LogP contribution in [-0.4, -0.2) is 113 Å². The number of halogens is 1. The summed E-state index contributed by atoms with van der Waals surface area (Å²) in [6.45, 7) is 40.2. The van der Waals surface area contributed by atoms with Crippen LogP contribution < -0.4 is 126 Å². The Hall–Kier alpha value is -7.52. The zero-order valence-corrected chi connectivity index (χ0v) is 94.7. The number of hydrogen-bond donors (Lipinski definition) is 7. The third-order valence-corrected chi connectivity index (χ3v) is 23.5. The molecule has 4 aliphatic heterocycles. The number of allylic oxidation sites excluding steroid dienone is 6. The van der Waals surface area contributed by atoms with E-state index in [4.69, 9.17) is 31.4 Å². The number of carboxylic acid groups (broad SMARTS) is 2. The molecule has 0 radical (unpaired) electrons. The molecular formula is C98H121BrN9Na3O24S5+2. The molecule has 8 N–H and O–H groups in total. The minimum absolute atomic E-state index is 0. The Kier molecular flexibility index (Phi) is 68.0. The third kappa shape index (κ3) is 47.6. The van der Waals surface area contributed by atoms with Crippen LogP contribution >= 0.6 is 76.1 Å². The van der Waals surface area contributed by atoms with Gasteiger partial charge >= 0.3 is 107 Å². The molecule has 33 nitrogen and oxygen atoms in total. The number of hydrogen-bond acceptors (Lipinski definition) is 33. The van der Waals surface area contributed by atoms with Gasteiger partial charge in [-0.2, -0.15) is 22.2 Å². The summed E-state index contributed by atoms with van der Waals surface area (Å²) in [5.41, 5.74) is 19.6. The number of aliphatic imine (C=N–C) groups is 3. The molecule has 0 aromatic heterocycles. The van der Waals surface area contributed by atoms with E-state index in [2.05, 4.69) is 197 Å². The molecule has 0 spiro atoms. The Morgan fingerprint density at radius 1 is 0.514 bits per heavy atom. The Morgan fingerprint density at radius 2 is 0.914 bits per heavy atom. The van der Waals surface area contributed by atoms with Crippen molar-refractivity contribution >= 4 is 186 Å². The van der Waals surface area contributed by atoms with Gasteiger partial charge in [-0.15, -0.1) is 8.67 Å². The van der Waals surface area contributed by atoms with Gasteiger partial charge in [-0.05, 0) is 199 Å². The van der Waals surface area contributed by atoms with Crippen LogP contribution in [0.5, 0.6) is 0 Å². The van der Waals surface area contributed by atoms with Gasteiger partial charge in [-0.25, -0.2) is 10.5 Å². The molecule has 0 saturated carbocycles. The number of nitrogens with two attached hydrogens (primary N) is 1. The zero-order chi connectivity index (χ0) is 102. The predicted molar refractivity (Wildman–Crippen MR) is 537 cm³/mol. The Labute approximate surface area is 915 Å². The SMILES string of the molecule is C(/C=C/C=C/Nc1ccccc1)=Nc1ccccc1.CC(=O)C(C)C.CC(=O)O.CC(=O)OC(C)=O.CC1=Nc2ccc(SOOO)cc2C1(C)C.CC1=Nc2ccc(SOO[O-])cc2C1(C)C.CCC[N+]1=C(/C=C/C=C/N(C(C)=O)c2ccccc2)C(C)(C)c2cc(SOO[O-])ccc21.CCC[N+]1=C(C)C(C)(C)c2cc(SOO[O-])ccc21.NNc1ccc(SOOO)cc1.O=C(O)CCBr.[Na+].[Na+].[Na+]. The number of alkyl halides is 1. The molecule has 0 fully saturated rings. The molecule has 0 unspecified atom stereocenters. The molecule has 0 atom stereocenters.